The second kappa shape index (κ2) is 43.6. The van der Waals surface area contributed by atoms with E-state index < -0.39 is 0 Å². The molecule has 0 radical (unpaired) electrons. The minimum absolute atomic E-state index is 0.0377. The Balaban J connectivity index is 1.15. The Labute approximate surface area is 562 Å². The van der Waals surface area contributed by atoms with E-state index in [4.69, 9.17) is 8.75 Å². The standard InChI is InChI=1S/C84H136N2S3/c1-7-11-15-19-23-27-31-35-39-43-47-51-55-61-83(62-56-52-48-44-40-36-32-28-24-20-16-12-8-2)74-67-73-75(66-72(74)81-76(83)65-70(6)87-81)84(63-57-53-49-45-41-37-33-29-25-21-17-13-9-3,64-58-54-50-46-42-38-34-30-26-22-18-14-10-4)77-68-78(88-82(73)77)71-60-59-69(5)79-80(71)86-89-85-79/h59-60,65-68H,7-58,61-64H2,1-6H3. The number of nitrogens with zero attached hydrogens (tertiary/aromatic N) is 2. The highest BCUT2D eigenvalue weighted by Crippen LogP contribution is 2.64. The van der Waals surface area contributed by atoms with Crippen molar-refractivity contribution in [2.45, 2.75) is 412 Å². The summed E-state index contributed by atoms with van der Waals surface area (Å²) in [6.07, 6.45) is 78.7. The van der Waals surface area contributed by atoms with Crippen molar-refractivity contribution in [1.29, 1.82) is 0 Å². The zero-order valence-electron chi connectivity index (χ0n) is 59.2. The SMILES string of the molecule is CCCCCCCCCCCCCCCC1(CCCCCCCCCCCCCCC)c2cc3c(cc2-c2sc(C)cc21)C(CCCCCCCCCCCCCCC)(CCCCCCCCCCCCCCC)c1cc(-c2ccc(C)c4nsnc24)sc1-3. The van der Waals surface area contributed by atoms with Crippen molar-refractivity contribution in [1.82, 2.24) is 8.75 Å². The summed E-state index contributed by atoms with van der Waals surface area (Å²) in [6, 6.07) is 16.0. The molecule has 2 aromatic carbocycles. The zero-order chi connectivity index (χ0) is 62.5. The van der Waals surface area contributed by atoms with Crippen LogP contribution in [0.15, 0.2) is 36.4 Å². The van der Waals surface area contributed by atoms with Gasteiger partial charge in [-0.25, -0.2) is 0 Å². The summed E-state index contributed by atoms with van der Waals surface area (Å²) in [6.45, 7) is 14.0. The monoisotopic (exact) mass is 1270 g/mol. The minimum Gasteiger partial charge on any atom is -0.173 e. The highest BCUT2D eigenvalue weighted by Gasteiger charge is 2.49. The second-order valence-corrected chi connectivity index (χ2v) is 32.3. The Bertz CT molecular complexity index is 2560. The van der Waals surface area contributed by atoms with Crippen LogP contribution in [0.3, 0.4) is 0 Å². The molecule has 0 amide bonds. The van der Waals surface area contributed by atoms with Crippen molar-refractivity contribution in [3.05, 3.63) is 69.1 Å². The third-order valence-corrected chi connectivity index (χ3v) is 24.8. The summed E-state index contributed by atoms with van der Waals surface area (Å²) in [7, 11) is 0. The van der Waals surface area contributed by atoms with Gasteiger partial charge in [0.15, 0.2) is 0 Å². The third-order valence-electron chi connectivity index (χ3n) is 22.0. The Morgan fingerprint density at radius 1 is 0.281 bits per heavy atom. The van der Waals surface area contributed by atoms with Crippen LogP contribution in [0.1, 0.15) is 420 Å². The summed E-state index contributed by atoms with van der Waals surface area (Å²) < 4.78 is 9.91. The molecule has 0 saturated carbocycles. The summed E-state index contributed by atoms with van der Waals surface area (Å²) in [5.41, 5.74) is 15.0. The molecule has 0 fully saturated rings. The fourth-order valence-electron chi connectivity index (χ4n) is 16.5. The number of hydrogen-bond acceptors (Lipinski definition) is 5. The molecule has 0 unspecified atom stereocenters. The molecule has 0 aliphatic heterocycles. The quantitative estimate of drug-likeness (QED) is 0.0363. The Hall–Kier alpha value is -2.34. The normalized spacial score (nSPS) is 13.7. The Morgan fingerprint density at radius 3 is 0.888 bits per heavy atom. The van der Waals surface area contributed by atoms with E-state index in [9.17, 15) is 0 Å². The summed E-state index contributed by atoms with van der Waals surface area (Å²) in [5, 5.41) is 0. The van der Waals surface area contributed by atoms with Gasteiger partial charge in [0.1, 0.15) is 11.0 Å². The van der Waals surface area contributed by atoms with E-state index in [0.717, 1.165) is 11.0 Å². The van der Waals surface area contributed by atoms with E-state index in [2.05, 4.69) is 101 Å². The van der Waals surface area contributed by atoms with Gasteiger partial charge >= 0.3 is 0 Å². The zero-order valence-corrected chi connectivity index (χ0v) is 61.6. The van der Waals surface area contributed by atoms with Gasteiger partial charge in [0.2, 0.25) is 0 Å². The Kier molecular flexibility index (Phi) is 36.3. The van der Waals surface area contributed by atoms with Gasteiger partial charge in [-0.3, -0.25) is 0 Å². The first kappa shape index (κ1) is 74.1. The van der Waals surface area contributed by atoms with E-state index in [1.165, 1.54) is 392 Å². The third kappa shape index (κ3) is 23.2. The van der Waals surface area contributed by atoms with Gasteiger partial charge in [0, 0.05) is 35.9 Å². The van der Waals surface area contributed by atoms with Crippen molar-refractivity contribution in [3.8, 4) is 31.3 Å². The highest BCUT2D eigenvalue weighted by atomic mass is 32.1. The van der Waals surface area contributed by atoms with E-state index >= 15 is 0 Å². The molecule has 500 valence electrons. The van der Waals surface area contributed by atoms with Crippen LogP contribution in [-0.2, 0) is 10.8 Å². The predicted molar refractivity (Wildman–Crippen MR) is 402 cm³/mol. The maximum absolute atomic E-state index is 5.03. The van der Waals surface area contributed by atoms with Gasteiger partial charge in [-0.05, 0) is 103 Å². The van der Waals surface area contributed by atoms with Gasteiger partial charge in [0.05, 0.1) is 11.7 Å². The minimum atomic E-state index is 0.0377. The predicted octanol–water partition coefficient (Wildman–Crippen LogP) is 30.6. The lowest BCUT2D eigenvalue weighted by Crippen LogP contribution is -2.27. The molecule has 2 aliphatic rings. The summed E-state index contributed by atoms with van der Waals surface area (Å²) >= 11 is 5.66. The first-order valence-corrected chi connectivity index (χ1v) is 42.0. The number of unbranched alkanes of at least 4 members (excludes halogenated alkanes) is 48. The number of benzene rings is 2. The van der Waals surface area contributed by atoms with Crippen LogP contribution in [0, 0.1) is 13.8 Å². The lowest BCUT2D eigenvalue weighted by Gasteiger charge is -2.34. The average molecular weight is 1270 g/mol. The highest BCUT2D eigenvalue weighted by molar-refractivity contribution is 7.19. The van der Waals surface area contributed by atoms with Crippen molar-refractivity contribution >= 4 is 45.4 Å². The number of aryl methyl sites for hydroxylation is 2. The fraction of sp³-hybridized carbons (Fsp3) is 0.762. The van der Waals surface area contributed by atoms with Gasteiger partial charge in [-0.1, -0.05) is 374 Å². The van der Waals surface area contributed by atoms with E-state index in [-0.39, 0.29) is 10.8 Å². The fourth-order valence-corrected chi connectivity index (χ4v) is 19.6. The number of aromatic nitrogens is 2. The van der Waals surface area contributed by atoms with Gasteiger partial charge in [-0.2, -0.15) is 8.75 Å². The molecule has 0 spiro atoms. The molecule has 89 heavy (non-hydrogen) atoms. The maximum Gasteiger partial charge on any atom is 0.113 e. The van der Waals surface area contributed by atoms with Crippen LogP contribution in [0.4, 0.5) is 0 Å². The molecule has 0 N–H and O–H groups in total. The molecule has 5 aromatic rings. The second-order valence-electron chi connectivity index (χ2n) is 29.4. The number of fused-ring (bicyclic) bond motifs is 7. The van der Waals surface area contributed by atoms with Crippen molar-refractivity contribution in [2.24, 2.45) is 0 Å². The number of rotatable bonds is 57. The molecule has 5 heteroatoms. The molecule has 0 atom stereocenters. The maximum atomic E-state index is 5.03. The smallest absolute Gasteiger partial charge is 0.113 e. The average Bonchev–Trinajstić information content (AvgIpc) is 1.53. The molecule has 0 bridgehead atoms. The van der Waals surface area contributed by atoms with Crippen LogP contribution >= 0.6 is 34.4 Å². The van der Waals surface area contributed by atoms with Crippen LogP contribution in [-0.4, -0.2) is 8.75 Å². The summed E-state index contributed by atoms with van der Waals surface area (Å²) in [4.78, 5) is 6.19. The lowest BCUT2D eigenvalue weighted by atomic mass is 9.68. The molecule has 7 rings (SSSR count). The molecule has 0 saturated heterocycles. The Morgan fingerprint density at radius 2 is 0.562 bits per heavy atom. The molecular formula is C84H136N2S3. The van der Waals surface area contributed by atoms with Gasteiger partial charge in [-0.15, -0.1) is 22.7 Å². The van der Waals surface area contributed by atoms with Crippen LogP contribution in [0.25, 0.3) is 42.4 Å². The molecule has 2 aliphatic carbocycles. The molecular weight excluding hydrogens is 1130 g/mol. The molecule has 3 heterocycles. The molecule has 2 nitrogen and oxygen atoms in total. The largest absolute Gasteiger partial charge is 0.173 e. The van der Waals surface area contributed by atoms with E-state index in [1.807, 2.05) is 0 Å². The van der Waals surface area contributed by atoms with Crippen molar-refractivity contribution < 1.29 is 0 Å². The van der Waals surface area contributed by atoms with Crippen LogP contribution in [0.5, 0.6) is 0 Å². The van der Waals surface area contributed by atoms with E-state index in [0.29, 0.717) is 0 Å². The van der Waals surface area contributed by atoms with Crippen LogP contribution < -0.4 is 0 Å². The first-order valence-electron chi connectivity index (χ1n) is 39.6. The van der Waals surface area contributed by atoms with Crippen LogP contribution in [0.2, 0.25) is 0 Å². The number of hydrogen-bond donors (Lipinski definition) is 0. The summed E-state index contributed by atoms with van der Waals surface area (Å²) in [5.74, 6) is 0. The van der Waals surface area contributed by atoms with Crippen molar-refractivity contribution in [2.75, 3.05) is 0 Å². The van der Waals surface area contributed by atoms with Crippen molar-refractivity contribution in [3.63, 3.8) is 0 Å². The lowest BCUT2D eigenvalue weighted by molar-refractivity contribution is 0.394. The first-order chi connectivity index (χ1) is 43.9. The van der Waals surface area contributed by atoms with Gasteiger partial charge in [0.25, 0.3) is 0 Å². The van der Waals surface area contributed by atoms with Gasteiger partial charge < -0.3 is 0 Å². The topological polar surface area (TPSA) is 25.8 Å². The molecule has 3 aromatic heterocycles. The van der Waals surface area contributed by atoms with E-state index in [1.54, 1.807) is 43.1 Å². The number of thiophene rings is 2.